The number of benzene rings is 1. The number of nitrogens with zero attached hydrogens (tertiary/aromatic N) is 2. The average molecular weight is 399 g/mol. The van der Waals surface area contributed by atoms with Gasteiger partial charge in [-0.3, -0.25) is 0 Å². The smallest absolute Gasteiger partial charge is 0.339 e. The first-order valence-corrected chi connectivity index (χ1v) is 7.18. The first-order valence-electron chi connectivity index (χ1n) is 5.72. The summed E-state index contributed by atoms with van der Waals surface area (Å²) in [5, 5.41) is 9.90. The number of rotatable bonds is 2. The third-order valence-electron chi connectivity index (χ3n) is 2.89. The molecule has 6 heteroatoms. The lowest BCUT2D eigenvalue weighted by Gasteiger charge is -1.99. The minimum atomic E-state index is -0.984. The van der Waals surface area contributed by atoms with Crippen LogP contribution in [-0.2, 0) is 0 Å². The molecule has 1 N–H and O–H groups in total. The van der Waals surface area contributed by atoms with Gasteiger partial charge in [-0.2, -0.15) is 0 Å². The Bertz CT molecular complexity index is 812. The third-order valence-corrected chi connectivity index (χ3v) is 3.73. The van der Waals surface area contributed by atoms with Gasteiger partial charge in [0.2, 0.25) is 0 Å². The summed E-state index contributed by atoms with van der Waals surface area (Å²) in [6.07, 6.45) is 3.65. The molecule has 0 atom stereocenters. The monoisotopic (exact) mass is 398 g/mol. The highest BCUT2D eigenvalue weighted by Gasteiger charge is 2.14. The van der Waals surface area contributed by atoms with Crippen LogP contribution in [0.1, 0.15) is 10.4 Å². The maximum Gasteiger partial charge on any atom is 0.339 e. The summed E-state index contributed by atoms with van der Waals surface area (Å²) in [6, 6.07) is 8.88. The molecule has 0 aliphatic carbocycles. The van der Waals surface area contributed by atoms with Gasteiger partial charge in [-0.1, -0.05) is 23.7 Å². The van der Waals surface area contributed by atoms with Crippen molar-refractivity contribution in [1.29, 1.82) is 0 Å². The van der Waals surface area contributed by atoms with E-state index in [2.05, 4.69) is 27.6 Å². The number of pyridine rings is 1. The predicted molar refractivity (Wildman–Crippen MR) is 85.3 cm³/mol. The highest BCUT2D eigenvalue weighted by Crippen LogP contribution is 2.23. The second kappa shape index (κ2) is 5.06. The van der Waals surface area contributed by atoms with Gasteiger partial charge in [0.05, 0.1) is 5.69 Å². The molecule has 2 aromatic heterocycles. The number of carboxylic acid groups (broad SMARTS) is 1. The first-order chi connectivity index (χ1) is 9.54. The van der Waals surface area contributed by atoms with E-state index in [1.54, 1.807) is 22.6 Å². The molecule has 0 bridgehead atoms. The number of carboxylic acids is 1. The Kier molecular flexibility index (Phi) is 3.39. The largest absolute Gasteiger partial charge is 0.478 e. The lowest BCUT2D eigenvalue weighted by molar-refractivity contribution is 0.0698. The first kappa shape index (κ1) is 13.4. The molecular weight excluding hydrogens is 391 g/mol. The van der Waals surface area contributed by atoms with Crippen LogP contribution in [0.3, 0.4) is 0 Å². The molecule has 0 amide bonds. The number of fused-ring (bicyclic) bond motifs is 1. The van der Waals surface area contributed by atoms with Crippen molar-refractivity contribution in [2.24, 2.45) is 0 Å². The molecule has 3 aromatic rings. The van der Waals surface area contributed by atoms with Crippen molar-refractivity contribution < 1.29 is 9.90 Å². The molecule has 0 spiro atoms. The second-order valence-electron chi connectivity index (χ2n) is 4.24. The molecule has 0 unspecified atom stereocenters. The van der Waals surface area contributed by atoms with E-state index in [-0.39, 0.29) is 5.56 Å². The number of imidazole rings is 1. The van der Waals surface area contributed by atoms with Gasteiger partial charge in [0.15, 0.2) is 5.65 Å². The van der Waals surface area contributed by atoms with E-state index in [1.165, 1.54) is 0 Å². The number of hydrogen-bond donors (Lipinski definition) is 1. The predicted octanol–water partition coefficient (Wildman–Crippen LogP) is 3.96. The molecule has 0 radical (unpaired) electrons. The fraction of sp³-hybridized carbons (Fsp3) is 0. The number of hydrogen-bond acceptors (Lipinski definition) is 2. The molecule has 0 saturated heterocycles. The van der Waals surface area contributed by atoms with Gasteiger partial charge in [0, 0.05) is 26.5 Å². The van der Waals surface area contributed by atoms with Gasteiger partial charge >= 0.3 is 5.97 Å². The van der Waals surface area contributed by atoms with Crippen LogP contribution in [0.25, 0.3) is 16.9 Å². The Morgan fingerprint density at radius 2 is 1.95 bits per heavy atom. The Hall–Kier alpha value is -1.60. The van der Waals surface area contributed by atoms with Gasteiger partial charge in [0.25, 0.3) is 0 Å². The number of aromatic carboxylic acids is 1. The zero-order valence-corrected chi connectivity index (χ0v) is 13.0. The van der Waals surface area contributed by atoms with Crippen LogP contribution < -0.4 is 0 Å². The minimum absolute atomic E-state index is 0.192. The summed E-state index contributed by atoms with van der Waals surface area (Å²) in [7, 11) is 0. The van der Waals surface area contributed by atoms with Crippen molar-refractivity contribution in [3.8, 4) is 11.3 Å². The van der Waals surface area contributed by atoms with E-state index >= 15 is 0 Å². The maximum atomic E-state index is 11.3. The number of halogens is 2. The highest BCUT2D eigenvalue weighted by molar-refractivity contribution is 14.1. The quantitative estimate of drug-likeness (QED) is 0.665. The molecule has 3 rings (SSSR count). The summed E-state index contributed by atoms with van der Waals surface area (Å²) in [5.74, 6) is -0.984. The molecule has 0 saturated carbocycles. The fourth-order valence-electron chi connectivity index (χ4n) is 1.98. The second-order valence-corrected chi connectivity index (χ2v) is 5.92. The lowest BCUT2D eigenvalue weighted by atomic mass is 10.2. The Morgan fingerprint density at radius 1 is 1.25 bits per heavy atom. The van der Waals surface area contributed by atoms with Crippen molar-refractivity contribution in [2.45, 2.75) is 0 Å². The minimum Gasteiger partial charge on any atom is -0.478 e. The summed E-state index contributed by atoms with van der Waals surface area (Å²) in [6.45, 7) is 0. The summed E-state index contributed by atoms with van der Waals surface area (Å²) in [4.78, 5) is 15.7. The van der Waals surface area contributed by atoms with E-state index in [9.17, 15) is 9.90 Å². The normalized spacial score (nSPS) is 10.9. The number of aromatic nitrogens is 2. The zero-order chi connectivity index (χ0) is 14.3. The molecule has 20 heavy (non-hydrogen) atoms. The fourth-order valence-corrected chi connectivity index (χ4v) is 2.72. The van der Waals surface area contributed by atoms with Crippen molar-refractivity contribution in [1.82, 2.24) is 9.38 Å². The molecule has 0 aliphatic rings. The van der Waals surface area contributed by atoms with Crippen LogP contribution in [0.4, 0.5) is 0 Å². The van der Waals surface area contributed by atoms with Crippen molar-refractivity contribution in [3.05, 3.63) is 56.9 Å². The highest BCUT2D eigenvalue weighted by atomic mass is 127. The zero-order valence-electron chi connectivity index (χ0n) is 10.0. The van der Waals surface area contributed by atoms with Crippen LogP contribution in [0.15, 0.2) is 42.7 Å². The van der Waals surface area contributed by atoms with E-state index < -0.39 is 5.97 Å². The van der Waals surface area contributed by atoms with Crippen molar-refractivity contribution in [3.63, 3.8) is 0 Å². The van der Waals surface area contributed by atoms with Crippen LogP contribution in [0, 0.1) is 3.57 Å². The van der Waals surface area contributed by atoms with Crippen molar-refractivity contribution >= 4 is 45.8 Å². The Morgan fingerprint density at radius 3 is 2.60 bits per heavy atom. The molecule has 4 nitrogen and oxygen atoms in total. The average Bonchev–Trinajstić information content (AvgIpc) is 2.81. The van der Waals surface area contributed by atoms with Crippen LogP contribution in [-0.4, -0.2) is 20.5 Å². The van der Waals surface area contributed by atoms with Gasteiger partial charge in [-0.15, -0.1) is 0 Å². The SMILES string of the molecule is O=C(O)c1cc(I)cn2cc(-c3ccc(Cl)cc3)nc12. The molecular formula is C14H8ClIN2O2. The van der Waals surface area contributed by atoms with Gasteiger partial charge < -0.3 is 9.51 Å². The van der Waals surface area contributed by atoms with Crippen molar-refractivity contribution in [2.75, 3.05) is 0 Å². The van der Waals surface area contributed by atoms with E-state index in [0.29, 0.717) is 16.4 Å². The Balaban J connectivity index is 2.22. The molecule has 1 aromatic carbocycles. The standard InChI is InChI=1S/C14H8ClIN2O2/c15-9-3-1-8(2-4-9)12-7-18-6-10(16)5-11(14(19)20)13(18)17-12/h1-7H,(H,19,20). The third kappa shape index (κ3) is 2.38. The van der Waals surface area contributed by atoms with Crippen LogP contribution in [0.2, 0.25) is 5.02 Å². The van der Waals surface area contributed by atoms with Crippen LogP contribution in [0.5, 0.6) is 0 Å². The summed E-state index contributed by atoms with van der Waals surface area (Å²) >= 11 is 7.95. The van der Waals surface area contributed by atoms with E-state index in [1.807, 2.05) is 24.5 Å². The van der Waals surface area contributed by atoms with Gasteiger partial charge in [-0.05, 0) is 40.8 Å². The summed E-state index contributed by atoms with van der Waals surface area (Å²) in [5.41, 5.74) is 2.23. The summed E-state index contributed by atoms with van der Waals surface area (Å²) < 4.78 is 2.57. The Labute approximate surface area is 133 Å². The molecule has 2 heterocycles. The molecule has 0 fully saturated rings. The lowest BCUT2D eigenvalue weighted by Crippen LogP contribution is -2.01. The van der Waals surface area contributed by atoms with E-state index in [0.717, 1.165) is 9.13 Å². The molecule has 0 aliphatic heterocycles. The van der Waals surface area contributed by atoms with Gasteiger partial charge in [0.1, 0.15) is 5.56 Å². The number of carbonyl (C=O) groups is 1. The molecule has 100 valence electrons. The van der Waals surface area contributed by atoms with E-state index in [4.69, 9.17) is 11.6 Å². The maximum absolute atomic E-state index is 11.3. The topological polar surface area (TPSA) is 54.6 Å². The van der Waals surface area contributed by atoms with Gasteiger partial charge in [-0.25, -0.2) is 9.78 Å². The van der Waals surface area contributed by atoms with Crippen LogP contribution >= 0.6 is 34.2 Å².